The van der Waals surface area contributed by atoms with Crippen LogP contribution in [0.15, 0.2) is 133 Å². The Labute approximate surface area is 239 Å². The quantitative estimate of drug-likeness (QED) is 0.240. The van der Waals surface area contributed by atoms with Crippen LogP contribution in [0.5, 0.6) is 0 Å². The summed E-state index contributed by atoms with van der Waals surface area (Å²) in [5, 5.41) is 10.1. The van der Waals surface area contributed by atoms with Gasteiger partial charge in [0.05, 0.1) is 33.4 Å². The zero-order valence-electron chi connectivity index (χ0n) is 22.3. The Kier molecular flexibility index (Phi) is 4.74. The normalized spacial score (nSPS) is 11.8. The molecule has 0 N–H and O–H groups in total. The lowest BCUT2D eigenvalue weighted by Crippen LogP contribution is -1.97. The van der Waals surface area contributed by atoms with Crippen molar-refractivity contribution in [3.05, 3.63) is 133 Å². The van der Waals surface area contributed by atoms with E-state index in [1.165, 1.54) is 0 Å². The average molecular weight is 543 g/mol. The first-order valence-electron chi connectivity index (χ1n) is 13.8. The number of imidazole rings is 2. The van der Waals surface area contributed by atoms with E-state index >= 15 is 0 Å². The third-order valence-corrected chi connectivity index (χ3v) is 7.68. The van der Waals surface area contributed by atoms with E-state index in [-0.39, 0.29) is 0 Å². The zero-order valence-corrected chi connectivity index (χ0v) is 22.3. The van der Waals surface area contributed by atoms with Gasteiger partial charge in [0.15, 0.2) is 11.6 Å². The summed E-state index contributed by atoms with van der Waals surface area (Å²) >= 11 is 0. The van der Waals surface area contributed by atoms with E-state index in [9.17, 15) is 0 Å². The van der Waals surface area contributed by atoms with E-state index in [1.54, 1.807) is 0 Å². The van der Waals surface area contributed by atoms with E-state index in [2.05, 4.69) is 45.2 Å². The molecule has 0 atom stereocenters. The molecular weight excluding hydrogens is 520 g/mol. The summed E-state index contributed by atoms with van der Waals surface area (Å²) in [6, 6.07) is 45.0. The molecule has 0 saturated heterocycles. The summed E-state index contributed by atoms with van der Waals surface area (Å²) in [6.07, 6.45) is 0. The zero-order chi connectivity index (χ0) is 27.6. The van der Waals surface area contributed by atoms with Crippen LogP contribution in [-0.4, -0.2) is 38.3 Å². The van der Waals surface area contributed by atoms with Crippen LogP contribution in [0.4, 0.5) is 0 Å². The van der Waals surface area contributed by atoms with Crippen LogP contribution < -0.4 is 0 Å². The second-order valence-corrected chi connectivity index (χ2v) is 10.2. The van der Waals surface area contributed by atoms with E-state index in [0.717, 1.165) is 67.8 Å². The highest BCUT2D eigenvalue weighted by molar-refractivity contribution is 5.84. The smallest absolute Gasteiger partial charge is 0.238 e. The molecular formula is C34H22N8. The predicted molar refractivity (Wildman–Crippen MR) is 164 cm³/mol. The number of rotatable bonds is 4. The minimum absolute atomic E-state index is 0.773. The van der Waals surface area contributed by atoms with Gasteiger partial charge >= 0.3 is 0 Å². The molecule has 8 heteroatoms. The maximum atomic E-state index is 5.05. The van der Waals surface area contributed by atoms with Crippen LogP contribution in [0.1, 0.15) is 0 Å². The van der Waals surface area contributed by atoms with Crippen LogP contribution in [0.25, 0.3) is 67.8 Å². The second kappa shape index (κ2) is 8.74. The monoisotopic (exact) mass is 542 g/mol. The van der Waals surface area contributed by atoms with E-state index in [0.29, 0.717) is 0 Å². The standard InChI is InChI=1S/C34H22N8/c1-3-11-25(12-4-1)41-33-35-27-15-7-9-17-29(27)39(33)31(37-41)23-19-21-24(22-20-23)32-38-42(26-13-5-2-6-14-26)34-36-28-16-8-10-18-30(28)40(32)34/h1-22H. The molecule has 4 heterocycles. The Bertz CT molecular complexity index is 2220. The van der Waals surface area contributed by atoms with Gasteiger partial charge in [-0.05, 0) is 48.5 Å². The van der Waals surface area contributed by atoms with E-state index < -0.39 is 0 Å². The molecule has 0 aliphatic heterocycles. The molecule has 4 aromatic heterocycles. The van der Waals surface area contributed by atoms with Gasteiger partial charge in [-0.25, -0.2) is 9.97 Å². The Balaban J connectivity index is 1.23. The molecule has 0 radical (unpaired) electrons. The average Bonchev–Trinajstić information content (AvgIpc) is 3.81. The Hall–Kier alpha value is -6.02. The van der Waals surface area contributed by atoms with Crippen molar-refractivity contribution >= 4 is 33.6 Å². The highest BCUT2D eigenvalue weighted by atomic mass is 15.4. The van der Waals surface area contributed by atoms with Crippen LogP contribution in [0.3, 0.4) is 0 Å². The molecule has 0 aliphatic rings. The first-order chi connectivity index (χ1) is 20.8. The minimum Gasteiger partial charge on any atom is -0.259 e. The second-order valence-electron chi connectivity index (χ2n) is 10.2. The van der Waals surface area contributed by atoms with Crippen molar-refractivity contribution in [2.75, 3.05) is 0 Å². The minimum atomic E-state index is 0.773. The SMILES string of the molecule is c1ccc(-n2nc(-c3ccc(-c4nn(-c5ccccc5)c5nc6ccccc6n45)cc3)n3c4ccccc4nc23)cc1. The number of aromatic nitrogens is 8. The van der Waals surface area contributed by atoms with Crippen LogP contribution in [0, 0.1) is 0 Å². The number of hydrogen-bond acceptors (Lipinski definition) is 4. The van der Waals surface area contributed by atoms with Crippen molar-refractivity contribution in [2.24, 2.45) is 0 Å². The lowest BCUT2D eigenvalue weighted by molar-refractivity contribution is 0.902. The van der Waals surface area contributed by atoms with Gasteiger partial charge in [-0.15, -0.1) is 10.2 Å². The molecule has 0 bridgehead atoms. The third-order valence-electron chi connectivity index (χ3n) is 7.68. The molecule has 9 aromatic rings. The van der Waals surface area contributed by atoms with Gasteiger partial charge in [0, 0.05) is 11.1 Å². The van der Waals surface area contributed by atoms with Crippen molar-refractivity contribution in [1.82, 2.24) is 38.3 Å². The molecule has 0 fully saturated rings. The summed E-state index contributed by atoms with van der Waals surface area (Å²) in [7, 11) is 0. The largest absolute Gasteiger partial charge is 0.259 e. The molecule has 0 spiro atoms. The maximum absolute atomic E-state index is 5.05. The summed E-state index contributed by atoms with van der Waals surface area (Å²) in [6.45, 7) is 0. The van der Waals surface area contributed by atoms with Crippen molar-refractivity contribution in [1.29, 1.82) is 0 Å². The number of hydrogen-bond donors (Lipinski definition) is 0. The molecule has 0 unspecified atom stereocenters. The molecule has 0 amide bonds. The summed E-state index contributed by atoms with van der Waals surface area (Å²) < 4.78 is 8.07. The van der Waals surface area contributed by atoms with Gasteiger partial charge in [-0.1, -0.05) is 84.9 Å². The van der Waals surface area contributed by atoms with E-state index in [1.807, 2.05) is 106 Å². The number of fused-ring (bicyclic) bond motifs is 6. The molecule has 5 aromatic carbocycles. The van der Waals surface area contributed by atoms with Gasteiger partial charge in [-0.3, -0.25) is 8.80 Å². The summed E-state index contributed by atoms with van der Waals surface area (Å²) in [4.78, 5) is 9.86. The van der Waals surface area contributed by atoms with Crippen LogP contribution in [-0.2, 0) is 0 Å². The molecule has 0 saturated carbocycles. The number of para-hydroxylation sites is 6. The van der Waals surface area contributed by atoms with Crippen LogP contribution >= 0.6 is 0 Å². The maximum Gasteiger partial charge on any atom is 0.238 e. The number of benzene rings is 5. The van der Waals surface area contributed by atoms with E-state index in [4.69, 9.17) is 20.2 Å². The lowest BCUT2D eigenvalue weighted by atomic mass is 10.1. The van der Waals surface area contributed by atoms with Gasteiger partial charge in [0.2, 0.25) is 11.6 Å². The molecule has 8 nitrogen and oxygen atoms in total. The van der Waals surface area contributed by atoms with Crippen molar-refractivity contribution in [3.8, 4) is 34.2 Å². The lowest BCUT2D eigenvalue weighted by Gasteiger charge is -2.03. The molecule has 42 heavy (non-hydrogen) atoms. The van der Waals surface area contributed by atoms with Gasteiger partial charge < -0.3 is 0 Å². The Morgan fingerprint density at radius 1 is 0.381 bits per heavy atom. The summed E-state index contributed by atoms with van der Waals surface area (Å²) in [5.74, 6) is 3.19. The first kappa shape index (κ1) is 22.8. The molecule has 198 valence electrons. The fourth-order valence-electron chi connectivity index (χ4n) is 5.72. The molecule has 9 rings (SSSR count). The highest BCUT2D eigenvalue weighted by Gasteiger charge is 2.21. The first-order valence-corrected chi connectivity index (χ1v) is 13.8. The van der Waals surface area contributed by atoms with Crippen molar-refractivity contribution < 1.29 is 0 Å². The van der Waals surface area contributed by atoms with Gasteiger partial charge in [0.25, 0.3) is 0 Å². The number of nitrogens with zero attached hydrogens (tertiary/aromatic N) is 8. The topological polar surface area (TPSA) is 70.2 Å². The van der Waals surface area contributed by atoms with Crippen LogP contribution in [0.2, 0.25) is 0 Å². The van der Waals surface area contributed by atoms with Crippen molar-refractivity contribution in [3.63, 3.8) is 0 Å². The fourth-order valence-corrected chi connectivity index (χ4v) is 5.72. The predicted octanol–water partition coefficient (Wildman–Crippen LogP) is 6.99. The highest BCUT2D eigenvalue weighted by Crippen LogP contribution is 2.31. The Morgan fingerprint density at radius 3 is 1.19 bits per heavy atom. The Morgan fingerprint density at radius 2 is 0.762 bits per heavy atom. The third kappa shape index (κ3) is 3.29. The summed E-state index contributed by atoms with van der Waals surface area (Å²) in [5.41, 5.74) is 7.77. The van der Waals surface area contributed by atoms with Crippen molar-refractivity contribution in [2.45, 2.75) is 0 Å². The van der Waals surface area contributed by atoms with Gasteiger partial charge in [0.1, 0.15) is 0 Å². The fraction of sp³-hybridized carbons (Fsp3) is 0. The molecule has 0 aliphatic carbocycles. The van der Waals surface area contributed by atoms with Gasteiger partial charge in [-0.2, -0.15) is 9.36 Å².